The average Bonchev–Trinajstić information content (AvgIpc) is 2.78. The molecule has 1 amide bonds. The molecule has 1 aliphatic heterocycles. The molecule has 8 heteroatoms. The summed E-state index contributed by atoms with van der Waals surface area (Å²) in [6, 6.07) is 14.8. The summed E-state index contributed by atoms with van der Waals surface area (Å²) in [6.45, 7) is 3.72. The first-order valence-electron chi connectivity index (χ1n) is 9.74. The van der Waals surface area contributed by atoms with E-state index in [0.29, 0.717) is 29.0 Å². The predicted octanol–water partition coefficient (Wildman–Crippen LogP) is 4.28. The van der Waals surface area contributed by atoms with Gasteiger partial charge >= 0.3 is 0 Å². The van der Waals surface area contributed by atoms with Gasteiger partial charge in [-0.3, -0.25) is 14.9 Å². The van der Waals surface area contributed by atoms with Crippen LogP contribution in [-0.4, -0.2) is 17.4 Å². The molecule has 0 radical (unpaired) electrons. The number of pyridine rings is 1. The van der Waals surface area contributed by atoms with Crippen molar-refractivity contribution in [3.05, 3.63) is 71.5 Å². The normalized spacial score (nSPS) is 14.2. The zero-order valence-corrected chi connectivity index (χ0v) is 17.3. The summed E-state index contributed by atoms with van der Waals surface area (Å²) in [4.78, 5) is 27.8. The number of hydrogen-bond acceptors (Lipinski definition) is 6. The number of aromatic nitrogens is 1. The number of nitrogens with zero attached hydrogens (tertiary/aromatic N) is 2. The molecule has 0 aliphatic carbocycles. The highest BCUT2D eigenvalue weighted by molar-refractivity contribution is 5.85. The standard InChI is InChI=1S/C24H18FN3O4/c1-24(2,23(30)27-12-26)20-16-4-3-5-18(25)21(16)32-22-17(20)10-11-19(28-22)14-6-8-15(9-7-14)31-13-29/h3-11,13,20H,1-2H3,(H,27,30)/t20-/m0/s1. The third-order valence-corrected chi connectivity index (χ3v) is 5.52. The molecule has 1 aromatic heterocycles. The fourth-order valence-electron chi connectivity index (χ4n) is 3.92. The molecule has 32 heavy (non-hydrogen) atoms. The minimum atomic E-state index is -1.10. The Kier molecular flexibility index (Phi) is 5.33. The quantitative estimate of drug-likeness (QED) is 0.368. The Morgan fingerprint density at radius 3 is 2.62 bits per heavy atom. The molecular formula is C24H18FN3O4. The molecule has 7 nitrogen and oxygen atoms in total. The molecule has 1 aliphatic rings. The molecule has 0 spiro atoms. The van der Waals surface area contributed by atoms with Crippen LogP contribution in [0.1, 0.15) is 30.9 Å². The van der Waals surface area contributed by atoms with Gasteiger partial charge in [0.2, 0.25) is 11.8 Å². The average molecular weight is 431 g/mol. The van der Waals surface area contributed by atoms with E-state index in [9.17, 15) is 14.0 Å². The molecule has 2 aromatic carbocycles. The minimum Gasteiger partial charge on any atom is -0.435 e. The van der Waals surface area contributed by atoms with E-state index in [4.69, 9.17) is 14.7 Å². The third-order valence-electron chi connectivity index (χ3n) is 5.52. The molecular weight excluding hydrogens is 413 g/mol. The predicted molar refractivity (Wildman–Crippen MR) is 112 cm³/mol. The van der Waals surface area contributed by atoms with Crippen molar-refractivity contribution in [1.82, 2.24) is 10.3 Å². The van der Waals surface area contributed by atoms with Crippen LogP contribution in [0.3, 0.4) is 0 Å². The van der Waals surface area contributed by atoms with Crippen LogP contribution in [0.5, 0.6) is 17.4 Å². The van der Waals surface area contributed by atoms with E-state index in [1.165, 1.54) is 6.07 Å². The van der Waals surface area contributed by atoms with Gasteiger partial charge in [0.1, 0.15) is 5.75 Å². The van der Waals surface area contributed by atoms with Gasteiger partial charge in [0.15, 0.2) is 17.8 Å². The van der Waals surface area contributed by atoms with Gasteiger partial charge < -0.3 is 9.47 Å². The smallest absolute Gasteiger partial charge is 0.298 e. The summed E-state index contributed by atoms with van der Waals surface area (Å²) in [7, 11) is 0. The number of hydrogen-bond donors (Lipinski definition) is 1. The Morgan fingerprint density at radius 1 is 1.19 bits per heavy atom. The maximum Gasteiger partial charge on any atom is 0.298 e. The van der Waals surface area contributed by atoms with Crippen molar-refractivity contribution in [3.63, 3.8) is 0 Å². The van der Waals surface area contributed by atoms with Crippen molar-refractivity contribution in [3.8, 4) is 34.8 Å². The Bertz CT molecular complexity index is 1250. The van der Waals surface area contributed by atoms with E-state index in [1.54, 1.807) is 68.6 Å². The number of fused-ring (bicyclic) bond motifs is 2. The van der Waals surface area contributed by atoms with E-state index in [0.717, 1.165) is 5.56 Å². The Labute approximate surface area is 183 Å². The lowest BCUT2D eigenvalue weighted by Crippen LogP contribution is -2.40. The van der Waals surface area contributed by atoms with Crippen LogP contribution >= 0.6 is 0 Å². The van der Waals surface area contributed by atoms with Gasteiger partial charge in [-0.05, 0) is 36.4 Å². The number of carbonyl (C=O) groups excluding carboxylic acids is 2. The number of carbonyl (C=O) groups is 2. The van der Waals surface area contributed by atoms with E-state index in [2.05, 4.69) is 10.3 Å². The number of amides is 1. The molecule has 160 valence electrons. The molecule has 2 heterocycles. The fourth-order valence-corrected chi connectivity index (χ4v) is 3.92. The number of halogens is 1. The molecule has 0 saturated carbocycles. The monoisotopic (exact) mass is 431 g/mol. The summed E-state index contributed by atoms with van der Waals surface area (Å²) < 4.78 is 25.3. The second kappa shape index (κ2) is 8.12. The van der Waals surface area contributed by atoms with Gasteiger partial charge in [-0.1, -0.05) is 32.0 Å². The fraction of sp³-hybridized carbons (Fsp3) is 0.167. The maximum atomic E-state index is 14.7. The van der Waals surface area contributed by atoms with E-state index >= 15 is 0 Å². The zero-order valence-electron chi connectivity index (χ0n) is 17.3. The summed E-state index contributed by atoms with van der Waals surface area (Å²) in [5, 5.41) is 11.1. The lowest BCUT2D eigenvalue weighted by Gasteiger charge is -2.37. The number of nitriles is 1. The number of ether oxygens (including phenoxy) is 2. The van der Waals surface area contributed by atoms with Crippen molar-refractivity contribution in [2.45, 2.75) is 19.8 Å². The summed E-state index contributed by atoms with van der Waals surface area (Å²) in [5.74, 6) is -1.10. The summed E-state index contributed by atoms with van der Waals surface area (Å²) >= 11 is 0. The van der Waals surface area contributed by atoms with Gasteiger partial charge in [0.05, 0.1) is 11.1 Å². The topological polar surface area (TPSA) is 101 Å². The summed E-state index contributed by atoms with van der Waals surface area (Å²) in [6.07, 6.45) is 1.66. The summed E-state index contributed by atoms with van der Waals surface area (Å²) in [5.41, 5.74) is 1.28. The highest BCUT2D eigenvalue weighted by Crippen LogP contribution is 2.52. The van der Waals surface area contributed by atoms with Crippen molar-refractivity contribution < 1.29 is 23.5 Å². The first kappa shape index (κ1) is 21.0. The second-order valence-electron chi connectivity index (χ2n) is 7.81. The molecule has 4 rings (SSSR count). The van der Waals surface area contributed by atoms with E-state index < -0.39 is 23.1 Å². The Hall–Kier alpha value is -4.25. The van der Waals surface area contributed by atoms with Gasteiger partial charge in [-0.2, -0.15) is 5.26 Å². The van der Waals surface area contributed by atoms with Crippen LogP contribution in [-0.2, 0) is 9.59 Å². The highest BCUT2D eigenvalue weighted by atomic mass is 19.1. The van der Waals surface area contributed by atoms with Gasteiger partial charge in [0, 0.05) is 22.6 Å². The highest BCUT2D eigenvalue weighted by Gasteiger charge is 2.44. The van der Waals surface area contributed by atoms with Crippen LogP contribution in [0, 0.1) is 22.7 Å². The number of rotatable bonds is 5. The first-order valence-corrected chi connectivity index (χ1v) is 9.74. The number of benzene rings is 2. The van der Waals surface area contributed by atoms with Crippen molar-refractivity contribution >= 4 is 12.4 Å². The Balaban J connectivity index is 1.83. The Morgan fingerprint density at radius 2 is 1.94 bits per heavy atom. The molecule has 3 aromatic rings. The van der Waals surface area contributed by atoms with Crippen LogP contribution in [0.25, 0.3) is 11.3 Å². The van der Waals surface area contributed by atoms with Crippen LogP contribution in [0.2, 0.25) is 0 Å². The number of nitrogens with one attached hydrogen (secondary N) is 1. The van der Waals surface area contributed by atoms with Crippen molar-refractivity contribution in [2.75, 3.05) is 0 Å². The molecule has 0 bridgehead atoms. The lowest BCUT2D eigenvalue weighted by atomic mass is 9.69. The minimum absolute atomic E-state index is 0.00205. The van der Waals surface area contributed by atoms with Gasteiger partial charge in [0.25, 0.3) is 6.47 Å². The maximum absolute atomic E-state index is 14.7. The largest absolute Gasteiger partial charge is 0.435 e. The third kappa shape index (κ3) is 3.54. The van der Waals surface area contributed by atoms with Gasteiger partial charge in [-0.15, -0.1) is 0 Å². The van der Waals surface area contributed by atoms with Crippen molar-refractivity contribution in [2.24, 2.45) is 5.41 Å². The van der Waals surface area contributed by atoms with E-state index in [1.807, 2.05) is 0 Å². The van der Waals surface area contributed by atoms with Gasteiger partial charge in [-0.25, -0.2) is 9.37 Å². The molecule has 1 N–H and O–H groups in total. The molecule has 0 saturated heterocycles. The molecule has 1 atom stereocenters. The van der Waals surface area contributed by atoms with Crippen molar-refractivity contribution in [1.29, 1.82) is 5.26 Å². The van der Waals surface area contributed by atoms with Crippen LogP contribution in [0.4, 0.5) is 4.39 Å². The number of para-hydroxylation sites is 1. The van der Waals surface area contributed by atoms with Crippen LogP contribution in [0.15, 0.2) is 54.6 Å². The van der Waals surface area contributed by atoms with Crippen LogP contribution < -0.4 is 14.8 Å². The van der Waals surface area contributed by atoms with E-state index in [-0.39, 0.29) is 11.6 Å². The zero-order chi connectivity index (χ0) is 22.9. The first-order chi connectivity index (χ1) is 15.4. The molecule has 0 fully saturated rings. The molecule has 0 unspecified atom stereocenters. The lowest BCUT2D eigenvalue weighted by molar-refractivity contribution is -0.128. The second-order valence-corrected chi connectivity index (χ2v) is 7.81. The SMILES string of the molecule is CC(C)(C(=O)NC#N)[C@@H]1c2ccc(-c3ccc(OC=O)cc3)nc2Oc2c(F)cccc21.